The number of benzene rings is 1. The monoisotopic (exact) mass is 319 g/mol. The zero-order chi connectivity index (χ0) is 16.2. The maximum absolute atomic E-state index is 13.5. The molecule has 122 valence electrons. The van der Waals surface area contributed by atoms with Gasteiger partial charge in [0.15, 0.2) is 0 Å². The van der Waals surface area contributed by atoms with Crippen molar-refractivity contribution in [1.29, 1.82) is 0 Å². The van der Waals surface area contributed by atoms with Gasteiger partial charge in [0.25, 0.3) is 0 Å². The normalized spacial score (nSPS) is 18.9. The first-order chi connectivity index (χ1) is 11.1. The van der Waals surface area contributed by atoms with Crippen molar-refractivity contribution in [2.24, 2.45) is 0 Å². The van der Waals surface area contributed by atoms with Crippen molar-refractivity contribution in [3.8, 4) is 0 Å². The fourth-order valence-electron chi connectivity index (χ4n) is 2.86. The molecule has 3 rings (SSSR count). The first-order valence-corrected chi connectivity index (χ1v) is 7.51. The Morgan fingerprint density at radius 1 is 1.39 bits per heavy atom. The zero-order valence-electron chi connectivity index (χ0n) is 12.6. The number of piperazine rings is 1. The van der Waals surface area contributed by atoms with E-state index in [-0.39, 0.29) is 17.7 Å². The summed E-state index contributed by atoms with van der Waals surface area (Å²) in [5, 5.41) is 17.9. The molecule has 0 amide bonds. The summed E-state index contributed by atoms with van der Waals surface area (Å²) in [6.07, 6.45) is 1.61. The average molecular weight is 319 g/mol. The first-order valence-electron chi connectivity index (χ1n) is 7.51. The third-order valence-electron chi connectivity index (χ3n) is 4.02. The molecule has 0 spiro atoms. The molecular formula is C15H18FN5O2. The SMILES string of the molecule is O=[N+]([O-])c1ccn(CCN2CCNCC2c2cccc(F)c2)n1. The van der Waals surface area contributed by atoms with E-state index in [4.69, 9.17) is 0 Å². The van der Waals surface area contributed by atoms with Crippen molar-refractivity contribution in [3.63, 3.8) is 0 Å². The predicted molar refractivity (Wildman–Crippen MR) is 82.5 cm³/mol. The zero-order valence-corrected chi connectivity index (χ0v) is 12.6. The van der Waals surface area contributed by atoms with Crippen molar-refractivity contribution < 1.29 is 9.31 Å². The van der Waals surface area contributed by atoms with Gasteiger partial charge >= 0.3 is 5.82 Å². The van der Waals surface area contributed by atoms with Crippen LogP contribution in [-0.2, 0) is 6.54 Å². The standard InChI is InChI=1S/C15H18FN5O2/c16-13-3-1-2-12(10-13)14-11-17-5-7-19(14)8-9-20-6-4-15(18-20)21(22)23/h1-4,6,10,14,17H,5,7-9,11H2. The maximum Gasteiger partial charge on any atom is 0.389 e. The van der Waals surface area contributed by atoms with Gasteiger partial charge in [-0.25, -0.2) is 4.39 Å². The van der Waals surface area contributed by atoms with Gasteiger partial charge in [0.1, 0.15) is 5.82 Å². The van der Waals surface area contributed by atoms with E-state index in [1.807, 2.05) is 6.07 Å². The fraction of sp³-hybridized carbons (Fsp3) is 0.400. The van der Waals surface area contributed by atoms with Gasteiger partial charge < -0.3 is 15.4 Å². The lowest BCUT2D eigenvalue weighted by molar-refractivity contribution is -0.389. The minimum Gasteiger partial charge on any atom is -0.358 e. The number of rotatable bonds is 5. The van der Waals surface area contributed by atoms with Gasteiger partial charge in [0.05, 0.1) is 23.9 Å². The maximum atomic E-state index is 13.5. The van der Waals surface area contributed by atoms with E-state index in [0.29, 0.717) is 13.1 Å². The molecule has 1 aliphatic heterocycles. The predicted octanol–water partition coefficient (Wildman–Crippen LogP) is 1.58. The van der Waals surface area contributed by atoms with Gasteiger partial charge in [-0.3, -0.25) is 4.90 Å². The highest BCUT2D eigenvalue weighted by molar-refractivity contribution is 5.21. The number of nitrogens with zero attached hydrogens (tertiary/aromatic N) is 4. The molecule has 1 aliphatic rings. The van der Waals surface area contributed by atoms with Crippen LogP contribution in [0.1, 0.15) is 11.6 Å². The Kier molecular flexibility index (Phi) is 4.63. The highest BCUT2D eigenvalue weighted by Crippen LogP contribution is 2.22. The number of hydrogen-bond donors (Lipinski definition) is 1. The molecule has 0 aliphatic carbocycles. The molecular weight excluding hydrogens is 301 g/mol. The summed E-state index contributed by atoms with van der Waals surface area (Å²) >= 11 is 0. The lowest BCUT2D eigenvalue weighted by Gasteiger charge is -2.36. The summed E-state index contributed by atoms with van der Waals surface area (Å²) in [7, 11) is 0. The lowest BCUT2D eigenvalue weighted by atomic mass is 10.0. The number of halogens is 1. The number of nitrogens with one attached hydrogen (secondary N) is 1. The Hall–Kier alpha value is -2.32. The third kappa shape index (κ3) is 3.72. The van der Waals surface area contributed by atoms with Crippen LogP contribution >= 0.6 is 0 Å². The third-order valence-corrected chi connectivity index (χ3v) is 4.02. The molecule has 2 aromatic rings. The topological polar surface area (TPSA) is 76.2 Å². The summed E-state index contributed by atoms with van der Waals surface area (Å²) in [5.41, 5.74) is 0.934. The highest BCUT2D eigenvalue weighted by Gasteiger charge is 2.24. The molecule has 2 heterocycles. The summed E-state index contributed by atoms with van der Waals surface area (Å²) in [6, 6.07) is 8.11. The molecule has 1 aromatic carbocycles. The van der Waals surface area contributed by atoms with Gasteiger partial charge in [-0.2, -0.15) is 4.68 Å². The molecule has 23 heavy (non-hydrogen) atoms. The molecule has 7 nitrogen and oxygen atoms in total. The second-order valence-electron chi connectivity index (χ2n) is 5.51. The van der Waals surface area contributed by atoms with E-state index >= 15 is 0 Å². The first kappa shape index (κ1) is 15.6. The van der Waals surface area contributed by atoms with Gasteiger partial charge in [-0.1, -0.05) is 12.1 Å². The molecule has 1 fully saturated rings. The van der Waals surface area contributed by atoms with Crippen LogP contribution in [0.25, 0.3) is 0 Å². The summed E-state index contributed by atoms with van der Waals surface area (Å²) in [6.45, 7) is 3.71. The minimum absolute atomic E-state index is 0.0880. The Labute approximate surface area is 132 Å². The van der Waals surface area contributed by atoms with Gasteiger partial charge in [-0.05, 0) is 22.6 Å². The van der Waals surface area contributed by atoms with Crippen LogP contribution in [0.5, 0.6) is 0 Å². The molecule has 0 bridgehead atoms. The fourth-order valence-corrected chi connectivity index (χ4v) is 2.86. The van der Waals surface area contributed by atoms with Gasteiger partial charge in [0, 0.05) is 32.2 Å². The number of nitro groups is 1. The van der Waals surface area contributed by atoms with E-state index < -0.39 is 4.92 Å². The van der Waals surface area contributed by atoms with E-state index in [1.165, 1.54) is 12.1 Å². The van der Waals surface area contributed by atoms with Crippen LogP contribution < -0.4 is 5.32 Å². The van der Waals surface area contributed by atoms with E-state index in [1.54, 1.807) is 23.0 Å². The van der Waals surface area contributed by atoms with Crippen molar-refractivity contribution in [1.82, 2.24) is 20.0 Å². The van der Waals surface area contributed by atoms with Crippen LogP contribution in [-0.4, -0.2) is 45.8 Å². The smallest absolute Gasteiger partial charge is 0.358 e. The van der Waals surface area contributed by atoms with Crippen molar-refractivity contribution >= 4 is 5.82 Å². The van der Waals surface area contributed by atoms with Gasteiger partial charge in [0.2, 0.25) is 0 Å². The summed E-state index contributed by atoms with van der Waals surface area (Å²) < 4.78 is 15.0. The molecule has 1 unspecified atom stereocenters. The minimum atomic E-state index is -0.503. The number of aromatic nitrogens is 2. The molecule has 1 atom stereocenters. The second-order valence-corrected chi connectivity index (χ2v) is 5.51. The average Bonchev–Trinajstić information content (AvgIpc) is 3.02. The van der Waals surface area contributed by atoms with Gasteiger partial charge in [-0.15, -0.1) is 0 Å². The Morgan fingerprint density at radius 3 is 3.00 bits per heavy atom. The van der Waals surface area contributed by atoms with Crippen molar-refractivity contribution in [2.75, 3.05) is 26.2 Å². The highest BCUT2D eigenvalue weighted by atomic mass is 19.1. The molecule has 0 saturated carbocycles. The Balaban J connectivity index is 1.67. The Bertz CT molecular complexity index is 690. The second kappa shape index (κ2) is 6.84. The largest absolute Gasteiger partial charge is 0.389 e. The lowest BCUT2D eigenvalue weighted by Crippen LogP contribution is -2.47. The van der Waals surface area contributed by atoms with Crippen LogP contribution in [0.15, 0.2) is 36.5 Å². The molecule has 0 radical (unpaired) electrons. The van der Waals surface area contributed by atoms with Crippen LogP contribution in [0.2, 0.25) is 0 Å². The van der Waals surface area contributed by atoms with Crippen LogP contribution in [0.3, 0.4) is 0 Å². The Morgan fingerprint density at radius 2 is 2.26 bits per heavy atom. The molecule has 1 saturated heterocycles. The summed E-state index contributed by atoms with van der Waals surface area (Å²) in [4.78, 5) is 12.4. The van der Waals surface area contributed by atoms with E-state index in [9.17, 15) is 14.5 Å². The van der Waals surface area contributed by atoms with Crippen LogP contribution in [0.4, 0.5) is 10.2 Å². The molecule has 1 N–H and O–H groups in total. The van der Waals surface area contributed by atoms with Crippen molar-refractivity contribution in [2.45, 2.75) is 12.6 Å². The molecule has 1 aromatic heterocycles. The van der Waals surface area contributed by atoms with E-state index in [0.717, 1.165) is 25.2 Å². The molecule has 8 heteroatoms. The van der Waals surface area contributed by atoms with Crippen LogP contribution in [0, 0.1) is 15.9 Å². The summed E-state index contributed by atoms with van der Waals surface area (Å²) in [5.74, 6) is -0.386. The quantitative estimate of drug-likeness (QED) is 0.669. The van der Waals surface area contributed by atoms with E-state index in [2.05, 4.69) is 15.3 Å². The van der Waals surface area contributed by atoms with Crippen molar-refractivity contribution in [3.05, 3.63) is 58.0 Å². The number of hydrogen-bond acceptors (Lipinski definition) is 5.